The van der Waals surface area contributed by atoms with E-state index in [1.54, 1.807) is 20.3 Å². The third-order valence-corrected chi connectivity index (χ3v) is 3.55. The van der Waals surface area contributed by atoms with E-state index in [1.165, 1.54) is 0 Å². The molecule has 7 heteroatoms. The van der Waals surface area contributed by atoms with Crippen molar-refractivity contribution in [2.45, 2.75) is 12.8 Å². The summed E-state index contributed by atoms with van der Waals surface area (Å²) in [5, 5.41) is 6.10. The van der Waals surface area contributed by atoms with Crippen LogP contribution in [0.15, 0.2) is 6.20 Å². The summed E-state index contributed by atoms with van der Waals surface area (Å²) in [5.41, 5.74) is 0. The number of piperidine rings is 1. The van der Waals surface area contributed by atoms with Crippen LogP contribution in [0, 0.1) is 5.92 Å². The number of aromatic nitrogens is 2. The SMILES string of the molecule is CNC(=O)C1CCCN(c2nc(NC)ncc2Cl)C1. The van der Waals surface area contributed by atoms with Crippen molar-refractivity contribution < 1.29 is 4.79 Å². The van der Waals surface area contributed by atoms with Gasteiger partial charge in [0.05, 0.1) is 12.1 Å². The number of carbonyl (C=O) groups excluding carboxylic acids is 1. The molecule has 2 N–H and O–H groups in total. The van der Waals surface area contributed by atoms with Crippen molar-refractivity contribution in [3.8, 4) is 0 Å². The second-order valence-corrected chi connectivity index (χ2v) is 4.92. The number of anilines is 2. The van der Waals surface area contributed by atoms with Crippen molar-refractivity contribution in [1.29, 1.82) is 0 Å². The number of nitrogens with zero attached hydrogens (tertiary/aromatic N) is 3. The molecule has 1 aliphatic rings. The van der Waals surface area contributed by atoms with Gasteiger partial charge in [0.2, 0.25) is 11.9 Å². The largest absolute Gasteiger partial charge is 0.359 e. The summed E-state index contributed by atoms with van der Waals surface area (Å²) in [4.78, 5) is 22.2. The maximum Gasteiger partial charge on any atom is 0.224 e. The van der Waals surface area contributed by atoms with Crippen molar-refractivity contribution in [1.82, 2.24) is 15.3 Å². The van der Waals surface area contributed by atoms with Gasteiger partial charge in [0.15, 0.2) is 5.82 Å². The minimum Gasteiger partial charge on any atom is -0.359 e. The average molecular weight is 284 g/mol. The Morgan fingerprint density at radius 1 is 1.53 bits per heavy atom. The number of rotatable bonds is 3. The Hall–Kier alpha value is -1.56. The van der Waals surface area contributed by atoms with E-state index < -0.39 is 0 Å². The first-order valence-corrected chi connectivity index (χ1v) is 6.70. The molecule has 1 atom stereocenters. The third kappa shape index (κ3) is 3.07. The van der Waals surface area contributed by atoms with E-state index in [-0.39, 0.29) is 11.8 Å². The fourth-order valence-electron chi connectivity index (χ4n) is 2.29. The topological polar surface area (TPSA) is 70.2 Å². The molecule has 0 aromatic carbocycles. The van der Waals surface area contributed by atoms with Crippen molar-refractivity contribution in [2.75, 3.05) is 37.4 Å². The average Bonchev–Trinajstić information content (AvgIpc) is 2.47. The number of carbonyl (C=O) groups is 1. The first-order valence-electron chi connectivity index (χ1n) is 6.32. The Morgan fingerprint density at radius 3 is 3.00 bits per heavy atom. The van der Waals surface area contributed by atoms with Gasteiger partial charge >= 0.3 is 0 Å². The highest BCUT2D eigenvalue weighted by molar-refractivity contribution is 6.32. The summed E-state index contributed by atoms with van der Waals surface area (Å²) in [6.45, 7) is 1.49. The molecule has 1 amide bonds. The molecule has 6 nitrogen and oxygen atoms in total. The lowest BCUT2D eigenvalue weighted by Crippen LogP contribution is -2.42. The Morgan fingerprint density at radius 2 is 2.32 bits per heavy atom. The van der Waals surface area contributed by atoms with Crippen LogP contribution in [0.4, 0.5) is 11.8 Å². The van der Waals surface area contributed by atoms with Gasteiger partial charge in [-0.2, -0.15) is 4.98 Å². The summed E-state index contributed by atoms with van der Waals surface area (Å²) in [6, 6.07) is 0. The van der Waals surface area contributed by atoms with Crippen molar-refractivity contribution in [3.63, 3.8) is 0 Å². The maximum atomic E-state index is 11.7. The van der Waals surface area contributed by atoms with E-state index in [9.17, 15) is 4.79 Å². The molecule has 0 saturated carbocycles. The number of hydrogen-bond donors (Lipinski definition) is 2. The first kappa shape index (κ1) is 13.9. The Labute approximate surface area is 117 Å². The second-order valence-electron chi connectivity index (χ2n) is 4.51. The highest BCUT2D eigenvalue weighted by Crippen LogP contribution is 2.28. The van der Waals surface area contributed by atoms with E-state index in [0.717, 1.165) is 19.4 Å². The number of nitrogens with one attached hydrogen (secondary N) is 2. The summed E-state index contributed by atoms with van der Waals surface area (Å²) in [5.74, 6) is 1.28. The molecule has 2 heterocycles. The molecule has 1 aromatic rings. The second kappa shape index (κ2) is 6.06. The molecule has 19 heavy (non-hydrogen) atoms. The predicted octanol–water partition coefficient (Wildman–Crippen LogP) is 1.13. The molecule has 104 valence electrons. The quantitative estimate of drug-likeness (QED) is 0.870. The van der Waals surface area contributed by atoms with E-state index in [0.29, 0.717) is 23.3 Å². The molecular weight excluding hydrogens is 266 g/mol. The Kier molecular flexibility index (Phi) is 4.42. The summed E-state index contributed by atoms with van der Waals surface area (Å²) >= 11 is 6.15. The van der Waals surface area contributed by atoms with Crippen LogP contribution in [0.3, 0.4) is 0 Å². The van der Waals surface area contributed by atoms with Gasteiger partial charge in [-0.25, -0.2) is 4.98 Å². The number of hydrogen-bond acceptors (Lipinski definition) is 5. The van der Waals surface area contributed by atoms with Gasteiger partial charge in [-0.3, -0.25) is 4.79 Å². The van der Waals surface area contributed by atoms with E-state index in [2.05, 4.69) is 20.6 Å². The van der Waals surface area contributed by atoms with Gasteiger partial charge in [-0.1, -0.05) is 11.6 Å². The van der Waals surface area contributed by atoms with Gasteiger partial charge in [-0.15, -0.1) is 0 Å². The lowest BCUT2D eigenvalue weighted by atomic mass is 9.97. The molecule has 1 aliphatic heterocycles. The summed E-state index contributed by atoms with van der Waals surface area (Å²) < 4.78 is 0. The van der Waals surface area contributed by atoms with Gasteiger partial charge in [0.25, 0.3) is 0 Å². The molecular formula is C12H18ClN5O. The third-order valence-electron chi connectivity index (χ3n) is 3.29. The Bertz CT molecular complexity index is 467. The summed E-state index contributed by atoms with van der Waals surface area (Å²) in [7, 11) is 3.43. The van der Waals surface area contributed by atoms with Crippen LogP contribution in [-0.2, 0) is 4.79 Å². The predicted molar refractivity (Wildman–Crippen MR) is 75.6 cm³/mol. The highest BCUT2D eigenvalue weighted by Gasteiger charge is 2.27. The first-order chi connectivity index (χ1) is 9.15. The van der Waals surface area contributed by atoms with Crippen LogP contribution in [-0.4, -0.2) is 43.1 Å². The minimum atomic E-state index is -0.0113. The molecule has 1 aromatic heterocycles. The van der Waals surface area contributed by atoms with Crippen LogP contribution >= 0.6 is 11.6 Å². The van der Waals surface area contributed by atoms with Crippen molar-refractivity contribution >= 4 is 29.3 Å². The zero-order chi connectivity index (χ0) is 13.8. The highest BCUT2D eigenvalue weighted by atomic mass is 35.5. The van der Waals surface area contributed by atoms with Gasteiger partial charge in [0, 0.05) is 27.2 Å². The monoisotopic (exact) mass is 283 g/mol. The molecule has 2 rings (SSSR count). The van der Waals surface area contributed by atoms with Crippen LogP contribution < -0.4 is 15.5 Å². The zero-order valence-corrected chi connectivity index (χ0v) is 11.9. The fourth-order valence-corrected chi connectivity index (χ4v) is 2.50. The minimum absolute atomic E-state index is 0.0113. The van der Waals surface area contributed by atoms with E-state index >= 15 is 0 Å². The molecule has 1 unspecified atom stereocenters. The van der Waals surface area contributed by atoms with Gasteiger partial charge in [0.1, 0.15) is 5.02 Å². The van der Waals surface area contributed by atoms with Crippen LogP contribution in [0.5, 0.6) is 0 Å². The van der Waals surface area contributed by atoms with Crippen LogP contribution in [0.2, 0.25) is 5.02 Å². The smallest absolute Gasteiger partial charge is 0.224 e. The molecule has 0 bridgehead atoms. The zero-order valence-electron chi connectivity index (χ0n) is 11.1. The van der Waals surface area contributed by atoms with Gasteiger partial charge in [-0.05, 0) is 12.8 Å². The molecule has 0 spiro atoms. The summed E-state index contributed by atoms with van der Waals surface area (Å²) in [6.07, 6.45) is 3.43. The standard InChI is InChI=1S/C12H18ClN5O/c1-14-11(19)8-4-3-5-18(7-8)10-9(13)6-16-12(15-2)17-10/h6,8H,3-5,7H2,1-2H3,(H,14,19)(H,15,16,17). The number of halogens is 1. The molecule has 0 aliphatic carbocycles. The van der Waals surface area contributed by atoms with Crippen molar-refractivity contribution in [3.05, 3.63) is 11.2 Å². The van der Waals surface area contributed by atoms with Crippen LogP contribution in [0.25, 0.3) is 0 Å². The number of amides is 1. The molecule has 0 radical (unpaired) electrons. The van der Waals surface area contributed by atoms with Crippen molar-refractivity contribution in [2.24, 2.45) is 5.92 Å². The fraction of sp³-hybridized carbons (Fsp3) is 0.583. The lowest BCUT2D eigenvalue weighted by Gasteiger charge is -2.33. The maximum absolute atomic E-state index is 11.7. The molecule has 1 fully saturated rings. The van der Waals surface area contributed by atoms with E-state index in [1.807, 2.05) is 4.90 Å². The Balaban J connectivity index is 2.19. The lowest BCUT2D eigenvalue weighted by molar-refractivity contribution is -0.124. The van der Waals surface area contributed by atoms with E-state index in [4.69, 9.17) is 11.6 Å². The molecule has 1 saturated heterocycles. The van der Waals surface area contributed by atoms with Crippen LogP contribution in [0.1, 0.15) is 12.8 Å². The normalized spacial score (nSPS) is 19.1. The van der Waals surface area contributed by atoms with Gasteiger partial charge < -0.3 is 15.5 Å².